The van der Waals surface area contributed by atoms with Crippen molar-refractivity contribution in [1.29, 1.82) is 0 Å². The number of fused-ring (bicyclic) bond motifs is 6. The molecule has 6 saturated carbocycles. The molecule has 0 aliphatic heterocycles. The predicted octanol–water partition coefficient (Wildman–Crippen LogP) is 9.58. The normalized spacial score (nSPS) is 48.6. The fourth-order valence-electron chi connectivity index (χ4n) is 13.0. The smallest absolute Gasteiger partial charge is 0.231 e. The summed E-state index contributed by atoms with van der Waals surface area (Å²) < 4.78 is 0. The lowest BCUT2D eigenvalue weighted by Gasteiger charge is -2.51. The second-order valence-corrected chi connectivity index (χ2v) is 15.9. The van der Waals surface area contributed by atoms with Crippen LogP contribution < -0.4 is 0 Å². The monoisotopic (exact) mass is 493 g/mol. The van der Waals surface area contributed by atoms with Gasteiger partial charge in [0.25, 0.3) is 0 Å². The maximum absolute atomic E-state index is 3.10. The van der Waals surface area contributed by atoms with Crippen molar-refractivity contribution < 1.29 is 0 Å². The Bertz CT molecular complexity index is 687. The summed E-state index contributed by atoms with van der Waals surface area (Å²) in [6, 6.07) is 1.34. The summed E-state index contributed by atoms with van der Waals surface area (Å²) in [7, 11) is 0. The van der Waals surface area contributed by atoms with Gasteiger partial charge in [0.05, 0.1) is 0 Å². The Kier molecular flexibility index (Phi) is 7.69. The van der Waals surface area contributed by atoms with Gasteiger partial charge in [-0.05, 0) is 121 Å². The Morgan fingerprint density at radius 2 is 0.917 bits per heavy atom. The van der Waals surface area contributed by atoms with E-state index in [-0.39, 0.29) is 0 Å². The molecule has 6 aliphatic carbocycles. The summed E-state index contributed by atoms with van der Waals surface area (Å²) >= 11 is 0. The number of hydrogen-bond acceptors (Lipinski definition) is 1. The molecule has 6 rings (SSSR count). The summed E-state index contributed by atoms with van der Waals surface area (Å²) in [5, 5.41) is 0. The lowest BCUT2D eigenvalue weighted by Crippen LogP contribution is -2.57. The third-order valence-electron chi connectivity index (χ3n) is 13.8. The van der Waals surface area contributed by atoms with Crippen LogP contribution in [0.5, 0.6) is 0 Å². The molecular formula is C34H60BN. The van der Waals surface area contributed by atoms with Crippen LogP contribution in [-0.4, -0.2) is 23.7 Å². The van der Waals surface area contributed by atoms with Crippen molar-refractivity contribution in [3.8, 4) is 0 Å². The Morgan fingerprint density at radius 3 is 1.33 bits per heavy atom. The van der Waals surface area contributed by atoms with E-state index in [1.807, 2.05) is 0 Å². The van der Waals surface area contributed by atoms with Gasteiger partial charge in [-0.1, -0.05) is 92.9 Å². The topological polar surface area (TPSA) is 3.24 Å². The average molecular weight is 494 g/mol. The zero-order valence-electron chi connectivity index (χ0n) is 25.0. The minimum absolute atomic E-state index is 0.671. The van der Waals surface area contributed by atoms with Gasteiger partial charge in [0.15, 0.2) is 0 Å². The van der Waals surface area contributed by atoms with Crippen LogP contribution >= 0.6 is 0 Å². The summed E-state index contributed by atoms with van der Waals surface area (Å²) in [4.78, 5) is 3.10. The molecule has 0 aromatic rings. The van der Waals surface area contributed by atoms with Crippen LogP contribution in [0, 0.1) is 59.2 Å². The van der Waals surface area contributed by atoms with Crippen LogP contribution in [0.3, 0.4) is 0 Å². The van der Waals surface area contributed by atoms with E-state index in [0.717, 1.165) is 77.7 Å². The largest absolute Gasteiger partial charge is 0.337 e. The molecule has 12 unspecified atom stereocenters. The minimum atomic E-state index is 0.671. The van der Waals surface area contributed by atoms with Crippen LogP contribution in [0.4, 0.5) is 0 Å². The SMILES string of the molecule is CC1CC2C3CCCCC3CCC2C1B(C1C(C)CC2C3CCCCC3CCC21)N(C(C)C)C(C)C. The van der Waals surface area contributed by atoms with E-state index in [1.54, 1.807) is 64.2 Å². The van der Waals surface area contributed by atoms with E-state index < -0.39 is 0 Å². The first-order valence-electron chi connectivity index (χ1n) is 17.1. The first-order valence-corrected chi connectivity index (χ1v) is 17.1. The van der Waals surface area contributed by atoms with Crippen molar-refractivity contribution in [3.05, 3.63) is 0 Å². The Labute approximate surface area is 225 Å². The summed E-state index contributed by atoms with van der Waals surface area (Å²) in [5.41, 5.74) is 0. The highest BCUT2D eigenvalue weighted by molar-refractivity contribution is 6.60. The zero-order chi connectivity index (χ0) is 25.1. The second-order valence-electron chi connectivity index (χ2n) is 15.9. The molecule has 0 N–H and O–H groups in total. The molecule has 0 aromatic carbocycles. The quantitative estimate of drug-likeness (QED) is 0.345. The third-order valence-corrected chi connectivity index (χ3v) is 13.8. The molecule has 0 heterocycles. The molecule has 0 amide bonds. The maximum Gasteiger partial charge on any atom is 0.231 e. The number of hydrogen-bond donors (Lipinski definition) is 0. The van der Waals surface area contributed by atoms with E-state index in [4.69, 9.17) is 0 Å². The molecular weight excluding hydrogens is 433 g/mol. The molecule has 0 aromatic heterocycles. The molecule has 6 aliphatic rings. The second kappa shape index (κ2) is 10.5. The molecule has 2 heteroatoms. The van der Waals surface area contributed by atoms with Crippen molar-refractivity contribution in [2.45, 2.75) is 155 Å². The van der Waals surface area contributed by atoms with Gasteiger partial charge in [0.2, 0.25) is 6.85 Å². The molecule has 0 spiro atoms. The van der Waals surface area contributed by atoms with Gasteiger partial charge in [0.1, 0.15) is 0 Å². The van der Waals surface area contributed by atoms with Gasteiger partial charge < -0.3 is 4.81 Å². The Balaban J connectivity index is 1.34. The van der Waals surface area contributed by atoms with Crippen molar-refractivity contribution in [2.24, 2.45) is 59.2 Å². The van der Waals surface area contributed by atoms with E-state index in [1.165, 1.54) is 25.7 Å². The molecule has 204 valence electrons. The summed E-state index contributed by atoms with van der Waals surface area (Å²) in [6.45, 7) is 16.4. The highest BCUT2D eigenvalue weighted by Gasteiger charge is 2.60. The van der Waals surface area contributed by atoms with Gasteiger partial charge >= 0.3 is 0 Å². The zero-order valence-corrected chi connectivity index (χ0v) is 25.0. The van der Waals surface area contributed by atoms with Crippen molar-refractivity contribution in [2.75, 3.05) is 0 Å². The molecule has 6 fully saturated rings. The predicted molar refractivity (Wildman–Crippen MR) is 156 cm³/mol. The van der Waals surface area contributed by atoms with Crippen LogP contribution in [0.2, 0.25) is 11.6 Å². The fourth-order valence-corrected chi connectivity index (χ4v) is 13.0. The van der Waals surface area contributed by atoms with Crippen LogP contribution in [0.1, 0.15) is 131 Å². The number of rotatable bonds is 5. The molecule has 1 nitrogen and oxygen atoms in total. The van der Waals surface area contributed by atoms with Crippen LogP contribution in [0.15, 0.2) is 0 Å². The molecule has 0 radical (unpaired) electrons. The fraction of sp³-hybridized carbons (Fsp3) is 1.00. The van der Waals surface area contributed by atoms with Crippen LogP contribution in [-0.2, 0) is 0 Å². The van der Waals surface area contributed by atoms with Crippen molar-refractivity contribution in [3.63, 3.8) is 0 Å². The van der Waals surface area contributed by atoms with E-state index in [2.05, 4.69) is 46.4 Å². The highest BCUT2D eigenvalue weighted by Crippen LogP contribution is 2.65. The first-order chi connectivity index (χ1) is 17.4. The minimum Gasteiger partial charge on any atom is -0.337 e. The third kappa shape index (κ3) is 4.38. The van der Waals surface area contributed by atoms with Crippen molar-refractivity contribution in [1.82, 2.24) is 4.81 Å². The summed E-state index contributed by atoms with van der Waals surface area (Å²) in [5.74, 6) is 12.3. The Hall–Kier alpha value is 0.0249. The van der Waals surface area contributed by atoms with Gasteiger partial charge in [-0.2, -0.15) is 0 Å². The molecule has 0 bridgehead atoms. The van der Waals surface area contributed by atoms with Gasteiger partial charge in [-0.15, -0.1) is 0 Å². The molecule has 36 heavy (non-hydrogen) atoms. The van der Waals surface area contributed by atoms with Crippen molar-refractivity contribution >= 4 is 6.85 Å². The van der Waals surface area contributed by atoms with E-state index in [0.29, 0.717) is 12.1 Å². The standard InChI is InChI=1S/C34H60BN/c1-21(2)36(22(3)4)35(33-23(5)19-31-27-13-9-7-11-25(27)15-17-29(31)33)34-24(6)20-32-28-14-10-8-12-26(28)16-18-30(32)34/h21-34H,7-20H2,1-6H3. The number of nitrogens with zero attached hydrogens (tertiary/aromatic N) is 1. The van der Waals surface area contributed by atoms with Gasteiger partial charge in [-0.3, -0.25) is 0 Å². The average Bonchev–Trinajstić information content (AvgIpc) is 3.38. The Morgan fingerprint density at radius 1 is 0.500 bits per heavy atom. The molecule has 0 saturated heterocycles. The first kappa shape index (κ1) is 26.3. The van der Waals surface area contributed by atoms with Crippen LogP contribution in [0.25, 0.3) is 0 Å². The van der Waals surface area contributed by atoms with E-state index in [9.17, 15) is 0 Å². The summed E-state index contributed by atoms with van der Waals surface area (Å²) in [6.07, 6.45) is 21.8. The van der Waals surface area contributed by atoms with E-state index >= 15 is 0 Å². The molecule has 12 atom stereocenters. The highest BCUT2D eigenvalue weighted by atomic mass is 15.1. The van der Waals surface area contributed by atoms with Gasteiger partial charge in [-0.25, -0.2) is 0 Å². The lowest BCUT2D eigenvalue weighted by atomic mass is 9.33. The lowest BCUT2D eigenvalue weighted by molar-refractivity contribution is 0.0673. The van der Waals surface area contributed by atoms with Gasteiger partial charge in [0, 0.05) is 0 Å². The maximum atomic E-state index is 3.10.